The maximum absolute atomic E-state index is 12.4. The second-order valence-electron chi connectivity index (χ2n) is 4.98. The summed E-state index contributed by atoms with van der Waals surface area (Å²) in [6.07, 6.45) is 0. The van der Waals surface area contributed by atoms with Crippen LogP contribution in [0.2, 0.25) is 0 Å². The molecule has 0 bridgehead atoms. The third-order valence-corrected chi connectivity index (χ3v) is 3.37. The second-order valence-corrected chi connectivity index (χ2v) is 4.98. The van der Waals surface area contributed by atoms with Crippen molar-refractivity contribution in [2.24, 2.45) is 0 Å². The van der Waals surface area contributed by atoms with Crippen LogP contribution in [-0.2, 0) is 0 Å². The van der Waals surface area contributed by atoms with Crippen LogP contribution in [0.25, 0.3) is 11.5 Å². The molecule has 5 heteroatoms. The molecule has 0 atom stereocenters. The summed E-state index contributed by atoms with van der Waals surface area (Å²) in [5, 5.41) is 2.79. The minimum Gasteiger partial charge on any atom is -0.497 e. The van der Waals surface area contributed by atoms with Crippen molar-refractivity contribution in [1.29, 1.82) is 0 Å². The molecule has 0 radical (unpaired) electrons. The quantitative estimate of drug-likeness (QED) is 0.793. The van der Waals surface area contributed by atoms with Crippen molar-refractivity contribution in [3.8, 4) is 17.2 Å². The van der Waals surface area contributed by atoms with Crippen LogP contribution in [-0.4, -0.2) is 18.0 Å². The van der Waals surface area contributed by atoms with Gasteiger partial charge in [0.25, 0.3) is 5.91 Å². The number of aromatic nitrogens is 1. The molecule has 0 aliphatic heterocycles. The Hall–Kier alpha value is -3.08. The topological polar surface area (TPSA) is 64.4 Å². The zero-order valence-electron chi connectivity index (χ0n) is 12.9. The highest BCUT2D eigenvalue weighted by atomic mass is 16.5. The second kappa shape index (κ2) is 6.36. The smallest absolute Gasteiger partial charge is 0.293 e. The van der Waals surface area contributed by atoms with Gasteiger partial charge < -0.3 is 14.5 Å². The molecule has 1 aromatic heterocycles. The average molecular weight is 308 g/mol. The first kappa shape index (κ1) is 14.8. The minimum absolute atomic E-state index is 0.208. The SMILES string of the molecule is COc1ccc(NC(=O)c2oc(-c3ccccc3)nc2C)cc1. The summed E-state index contributed by atoms with van der Waals surface area (Å²) in [6, 6.07) is 16.6. The summed E-state index contributed by atoms with van der Waals surface area (Å²) in [7, 11) is 1.59. The largest absolute Gasteiger partial charge is 0.497 e. The first-order chi connectivity index (χ1) is 11.2. The van der Waals surface area contributed by atoms with Gasteiger partial charge in [0.15, 0.2) is 0 Å². The summed E-state index contributed by atoms with van der Waals surface area (Å²) in [5.41, 5.74) is 2.04. The summed E-state index contributed by atoms with van der Waals surface area (Å²) in [4.78, 5) is 16.7. The lowest BCUT2D eigenvalue weighted by Crippen LogP contribution is -2.12. The molecule has 1 heterocycles. The summed E-state index contributed by atoms with van der Waals surface area (Å²) < 4.78 is 10.7. The van der Waals surface area contributed by atoms with Crippen LogP contribution >= 0.6 is 0 Å². The molecule has 0 saturated carbocycles. The number of nitrogens with one attached hydrogen (secondary N) is 1. The normalized spacial score (nSPS) is 10.3. The minimum atomic E-state index is -0.331. The molecule has 0 aliphatic rings. The van der Waals surface area contributed by atoms with Gasteiger partial charge in [-0.3, -0.25) is 4.79 Å². The Morgan fingerprint density at radius 1 is 1.09 bits per heavy atom. The fraction of sp³-hybridized carbons (Fsp3) is 0.111. The van der Waals surface area contributed by atoms with Gasteiger partial charge in [0.1, 0.15) is 5.75 Å². The highest BCUT2D eigenvalue weighted by Crippen LogP contribution is 2.23. The highest BCUT2D eigenvalue weighted by molar-refractivity contribution is 6.03. The Labute approximate surface area is 133 Å². The Balaban J connectivity index is 1.81. The predicted molar refractivity (Wildman–Crippen MR) is 87.6 cm³/mol. The number of hydrogen-bond acceptors (Lipinski definition) is 4. The van der Waals surface area contributed by atoms with Crippen LogP contribution in [0.15, 0.2) is 59.0 Å². The van der Waals surface area contributed by atoms with E-state index in [9.17, 15) is 4.79 Å². The predicted octanol–water partition coefficient (Wildman–Crippen LogP) is 3.91. The van der Waals surface area contributed by atoms with E-state index in [1.165, 1.54) is 0 Å². The Morgan fingerprint density at radius 2 is 1.78 bits per heavy atom. The number of rotatable bonds is 4. The number of amides is 1. The van der Waals surface area contributed by atoms with E-state index in [0.717, 1.165) is 11.3 Å². The van der Waals surface area contributed by atoms with Crippen molar-refractivity contribution in [3.05, 3.63) is 66.1 Å². The zero-order valence-corrected chi connectivity index (χ0v) is 12.9. The number of carbonyl (C=O) groups excluding carboxylic acids is 1. The number of benzene rings is 2. The van der Waals surface area contributed by atoms with E-state index in [-0.39, 0.29) is 11.7 Å². The van der Waals surface area contributed by atoms with Gasteiger partial charge in [0.05, 0.1) is 12.8 Å². The number of hydrogen-bond donors (Lipinski definition) is 1. The van der Waals surface area contributed by atoms with E-state index >= 15 is 0 Å². The first-order valence-corrected chi connectivity index (χ1v) is 7.15. The third kappa shape index (κ3) is 3.23. The van der Waals surface area contributed by atoms with Crippen LogP contribution < -0.4 is 10.1 Å². The molecule has 5 nitrogen and oxygen atoms in total. The number of anilines is 1. The Kier molecular flexibility index (Phi) is 4.10. The fourth-order valence-electron chi connectivity index (χ4n) is 2.17. The fourth-order valence-corrected chi connectivity index (χ4v) is 2.17. The van der Waals surface area contributed by atoms with E-state index in [1.54, 1.807) is 38.3 Å². The van der Waals surface area contributed by atoms with E-state index in [4.69, 9.17) is 9.15 Å². The van der Waals surface area contributed by atoms with Crippen LogP contribution in [0.5, 0.6) is 5.75 Å². The number of carbonyl (C=O) groups is 1. The van der Waals surface area contributed by atoms with Gasteiger partial charge in [-0.25, -0.2) is 4.98 Å². The van der Waals surface area contributed by atoms with Crippen molar-refractivity contribution in [2.45, 2.75) is 6.92 Å². The molecular formula is C18H16N2O3. The van der Waals surface area contributed by atoms with Gasteiger partial charge in [-0.2, -0.15) is 0 Å². The van der Waals surface area contributed by atoms with Gasteiger partial charge in [-0.1, -0.05) is 18.2 Å². The van der Waals surface area contributed by atoms with E-state index in [1.807, 2.05) is 30.3 Å². The number of methoxy groups -OCH3 is 1. The van der Waals surface area contributed by atoms with Gasteiger partial charge in [0, 0.05) is 11.3 Å². The lowest BCUT2D eigenvalue weighted by Gasteiger charge is -2.04. The molecule has 0 fully saturated rings. The molecule has 1 N–H and O–H groups in total. The Morgan fingerprint density at radius 3 is 2.43 bits per heavy atom. The maximum atomic E-state index is 12.4. The van der Waals surface area contributed by atoms with E-state index in [2.05, 4.69) is 10.3 Å². The van der Waals surface area contributed by atoms with Crippen LogP contribution in [0.3, 0.4) is 0 Å². The number of nitrogens with zero attached hydrogens (tertiary/aromatic N) is 1. The molecule has 23 heavy (non-hydrogen) atoms. The lowest BCUT2D eigenvalue weighted by atomic mass is 10.2. The summed E-state index contributed by atoms with van der Waals surface area (Å²) in [5.74, 6) is 1.04. The number of ether oxygens (including phenoxy) is 1. The highest BCUT2D eigenvalue weighted by Gasteiger charge is 2.18. The van der Waals surface area contributed by atoms with E-state index < -0.39 is 0 Å². The molecule has 1 amide bonds. The zero-order chi connectivity index (χ0) is 16.2. The van der Waals surface area contributed by atoms with Crippen molar-refractivity contribution >= 4 is 11.6 Å². The van der Waals surface area contributed by atoms with E-state index in [0.29, 0.717) is 17.3 Å². The van der Waals surface area contributed by atoms with Crippen LogP contribution in [0, 0.1) is 6.92 Å². The van der Waals surface area contributed by atoms with Crippen molar-refractivity contribution in [3.63, 3.8) is 0 Å². The standard InChI is InChI=1S/C18H16N2O3/c1-12-16(23-18(19-12)13-6-4-3-5-7-13)17(21)20-14-8-10-15(22-2)11-9-14/h3-11H,1-2H3,(H,20,21). The molecule has 0 saturated heterocycles. The molecule has 3 rings (SSSR count). The molecular weight excluding hydrogens is 292 g/mol. The number of aryl methyl sites for hydroxylation is 1. The van der Waals surface area contributed by atoms with Gasteiger partial charge in [-0.05, 0) is 43.3 Å². The molecule has 0 aliphatic carbocycles. The van der Waals surface area contributed by atoms with Gasteiger partial charge in [-0.15, -0.1) is 0 Å². The van der Waals surface area contributed by atoms with Crippen LogP contribution in [0.4, 0.5) is 5.69 Å². The lowest BCUT2D eigenvalue weighted by molar-refractivity contribution is 0.0996. The molecule has 116 valence electrons. The summed E-state index contributed by atoms with van der Waals surface area (Å²) >= 11 is 0. The summed E-state index contributed by atoms with van der Waals surface area (Å²) in [6.45, 7) is 1.75. The molecule has 2 aromatic carbocycles. The van der Waals surface area contributed by atoms with Gasteiger partial charge in [0.2, 0.25) is 11.7 Å². The van der Waals surface area contributed by atoms with Crippen LogP contribution in [0.1, 0.15) is 16.2 Å². The van der Waals surface area contributed by atoms with Crippen molar-refractivity contribution in [2.75, 3.05) is 12.4 Å². The molecule has 0 unspecified atom stereocenters. The third-order valence-electron chi connectivity index (χ3n) is 3.37. The maximum Gasteiger partial charge on any atom is 0.293 e. The van der Waals surface area contributed by atoms with Crippen molar-refractivity contribution < 1.29 is 13.9 Å². The van der Waals surface area contributed by atoms with Crippen molar-refractivity contribution in [1.82, 2.24) is 4.98 Å². The molecule has 3 aromatic rings. The average Bonchev–Trinajstić information content (AvgIpc) is 2.98. The Bertz CT molecular complexity index is 808. The monoisotopic (exact) mass is 308 g/mol. The van der Waals surface area contributed by atoms with Gasteiger partial charge >= 0.3 is 0 Å². The number of oxazole rings is 1. The first-order valence-electron chi connectivity index (χ1n) is 7.15. The molecule has 0 spiro atoms.